The van der Waals surface area contributed by atoms with E-state index >= 15 is 0 Å². The van der Waals surface area contributed by atoms with Crippen molar-refractivity contribution in [2.24, 2.45) is 26.1 Å². The van der Waals surface area contributed by atoms with Crippen molar-refractivity contribution in [2.75, 3.05) is 77.3 Å². The van der Waals surface area contributed by atoms with Crippen LogP contribution in [-0.2, 0) is 28.8 Å². The van der Waals surface area contributed by atoms with Gasteiger partial charge in [-0.2, -0.15) is 0 Å². The molecule has 0 aromatic rings. The first-order valence-electron chi connectivity index (χ1n) is 18.0. The number of nitrogens with one attached hydrogen (secondary N) is 1. The minimum absolute atomic E-state index is 0. The third kappa shape index (κ3) is 137. The van der Waals surface area contributed by atoms with Gasteiger partial charge in [-0.15, -0.1) is 35.6 Å². The summed E-state index contributed by atoms with van der Waals surface area (Å²) in [6.07, 6.45) is 8.14. The number of unbranched alkanes of at least 4 members (excludes halogenated alkanes) is 4. The average Bonchev–Trinajstić information content (AvgIpc) is 3.75. The summed E-state index contributed by atoms with van der Waals surface area (Å²) in [5.74, 6) is 0.356. The molecule has 348 valence electrons. The van der Waals surface area contributed by atoms with Crippen LogP contribution in [0.3, 0.4) is 0 Å². The fraction of sp³-hybridized carbons (Fsp3) is 0.828. The first kappa shape index (κ1) is 85.3. The quantitative estimate of drug-likeness (QED) is 0.0113. The van der Waals surface area contributed by atoms with Crippen LogP contribution in [0.5, 0.6) is 0 Å². The van der Waals surface area contributed by atoms with Crippen LogP contribution < -0.4 is 149 Å². The number of halogens is 6. The molecule has 0 unspecified atom stereocenters. The predicted molar refractivity (Wildman–Crippen MR) is 228 cm³/mol. The number of amides is 1. The molecule has 1 rings (SSSR count). The van der Waals surface area contributed by atoms with E-state index in [0.29, 0.717) is 70.2 Å². The van der Waals surface area contributed by atoms with Gasteiger partial charge in [-0.3, -0.25) is 37.9 Å². The normalized spacial score (nSPS) is 8.85. The third-order valence-electron chi connectivity index (χ3n) is 4.89. The number of hydrogen-bond donors (Lipinski definition) is 4. The molecule has 0 spiro atoms. The van der Waals surface area contributed by atoms with Crippen LogP contribution in [0, 0.1) is 0 Å². The Labute approximate surface area is 497 Å². The zero-order valence-corrected chi connectivity index (χ0v) is 47.6. The summed E-state index contributed by atoms with van der Waals surface area (Å²) < 4.78 is 36.2. The van der Waals surface area contributed by atoms with Crippen molar-refractivity contribution < 1.29 is 190 Å². The Bertz CT molecular complexity index is 1190. The number of ether oxygens (including phenoxy) is 1. The second-order valence-electron chi connectivity index (χ2n) is 9.09. The number of carboxylic acids is 2. The molecule has 1 aliphatic heterocycles. The van der Waals surface area contributed by atoms with Gasteiger partial charge < -0.3 is 48.6 Å². The summed E-state index contributed by atoms with van der Waals surface area (Å²) in [5, 5.41) is 38.3. The van der Waals surface area contributed by atoms with E-state index in [1.807, 2.05) is 0 Å². The van der Waals surface area contributed by atoms with Crippen LogP contribution in [0.25, 0.3) is 47.3 Å². The van der Waals surface area contributed by atoms with Gasteiger partial charge in [0.1, 0.15) is 6.61 Å². The van der Waals surface area contributed by atoms with Gasteiger partial charge in [0.25, 0.3) is 6.47 Å². The molecule has 1 aliphatic rings. The second-order valence-corrected chi connectivity index (χ2v) is 10.6. The van der Waals surface area contributed by atoms with Gasteiger partial charge in [0, 0.05) is 90.2 Å². The zero-order chi connectivity index (χ0) is 47.8. The van der Waals surface area contributed by atoms with Crippen LogP contribution in [0.15, 0.2) is 20.3 Å². The molecule has 62 heavy (non-hydrogen) atoms. The van der Waals surface area contributed by atoms with Crippen LogP contribution in [0.2, 0.25) is 0 Å². The molecule has 0 fully saturated rings. The van der Waals surface area contributed by atoms with Gasteiger partial charge in [-0.1, -0.05) is 31.3 Å². The van der Waals surface area contributed by atoms with Crippen LogP contribution in [0.4, 0.5) is 8.78 Å². The summed E-state index contributed by atoms with van der Waals surface area (Å²) in [5.41, 5.74) is 42.2. The monoisotopic (exact) mass is 1090 g/mol. The molecule has 0 saturated carbocycles. The topological polar surface area (TPSA) is 406 Å². The van der Waals surface area contributed by atoms with E-state index < -0.39 is 26.2 Å². The fourth-order valence-corrected chi connectivity index (χ4v) is 3.19. The summed E-state index contributed by atoms with van der Waals surface area (Å²) in [6, 6.07) is 0. The number of alkyl halides is 5. The molecule has 1 heterocycles. The first-order valence-corrected chi connectivity index (χ1v) is 18.7. The number of azide groups is 3. The minimum atomic E-state index is -1.00. The molecule has 0 atom stereocenters. The Hall–Kier alpha value is -0.00727. The number of carbonyl (C=O) groups is 4. The Kier molecular flexibility index (Phi) is 143. The van der Waals surface area contributed by atoms with Crippen molar-refractivity contribution in [2.45, 2.75) is 77.0 Å². The van der Waals surface area contributed by atoms with Gasteiger partial charge in [0.05, 0.1) is 23.6 Å². The molecule has 24 nitrogen and oxygen atoms in total. The molecule has 0 aromatic heterocycles. The van der Waals surface area contributed by atoms with Crippen LogP contribution in [0.1, 0.15) is 81.2 Å². The number of carbonyl (C=O) groups excluding carboxylic acids is 2. The van der Waals surface area contributed by atoms with Crippen molar-refractivity contribution in [3.63, 3.8) is 0 Å². The number of aliphatic imine (C=N–C) groups is 1. The average molecular weight is 1090 g/mol. The maximum Gasteiger partial charge on any atom is 1.00 e. The van der Waals surface area contributed by atoms with E-state index in [-0.39, 0.29) is 165 Å². The first-order chi connectivity index (χ1) is 28.9. The molecule has 0 aromatic carbocycles. The fourth-order valence-electron chi connectivity index (χ4n) is 2.70. The molecular weight excluding hydrogens is 1030 g/mol. The third-order valence-corrected chi connectivity index (χ3v) is 5.85. The number of nitrogens with zero attached hydrogens (tertiary/aromatic N) is 13. The number of carboxylic acid groups (broad SMARTS) is 2. The Morgan fingerprint density at radius 3 is 1.58 bits per heavy atom. The van der Waals surface area contributed by atoms with Gasteiger partial charge in [-0.25, -0.2) is 0 Å². The van der Waals surface area contributed by atoms with Gasteiger partial charge in [-0.05, 0) is 68.0 Å². The minimum Gasteiger partial charge on any atom is -1.00 e. The van der Waals surface area contributed by atoms with E-state index in [1.165, 1.54) is 4.91 Å². The molecule has 0 saturated heterocycles. The largest absolute Gasteiger partial charge is 1.00 e. The SMILES string of the molecule is Cl.NCCCl.O=C(O)CCCCBr.O=CO[O-].[2H]CF.[2H]CF.[H-].[K+].[K+].[N-]=[N+]=NCCCCC(=O)NCCCl.[N-]=[N+]=NCCCCC(=O)O.[N-]=[N+]=NCCCCC1=NCCO1.[N-]=[N+]=[N-].[Na+]. The number of hydrogen-bond acceptors (Lipinski definition) is 12. The number of nitrogens with two attached hydrogens (primary N) is 1. The molecule has 0 bridgehead atoms. The van der Waals surface area contributed by atoms with E-state index in [9.17, 15) is 23.2 Å². The van der Waals surface area contributed by atoms with Crippen molar-refractivity contribution in [3.8, 4) is 0 Å². The Balaban J connectivity index is -0.0000000444. The smallest absolute Gasteiger partial charge is 1.00 e. The van der Waals surface area contributed by atoms with E-state index in [0.717, 1.165) is 69.3 Å². The van der Waals surface area contributed by atoms with E-state index in [1.54, 1.807) is 0 Å². The van der Waals surface area contributed by atoms with Crippen molar-refractivity contribution in [3.05, 3.63) is 47.3 Å². The predicted octanol–water partition coefficient (Wildman–Crippen LogP) is -0.892. The van der Waals surface area contributed by atoms with E-state index in [2.05, 4.69) is 61.2 Å². The molecule has 5 N–H and O–H groups in total. The van der Waals surface area contributed by atoms with Gasteiger partial charge >= 0.3 is 144 Å². The molecule has 0 radical (unpaired) electrons. The molecule has 1 amide bonds. The number of aliphatic carboxylic acids is 2. The zero-order valence-electron chi connectivity index (χ0n) is 38.5. The maximum absolute atomic E-state index is 11.0. The van der Waals surface area contributed by atoms with Crippen molar-refractivity contribution in [1.29, 1.82) is 0 Å². The van der Waals surface area contributed by atoms with Crippen molar-refractivity contribution >= 4 is 81.8 Å². The number of rotatable bonds is 23. The summed E-state index contributed by atoms with van der Waals surface area (Å²) in [6.45, 7) is 3.86. The molecular formula is C29H58BrCl3F2K2N15NaO9. The standard InChI is InChI=1S/C7H13ClN4O.C7H12N4O.C5H9BrO2.C5H9N3O2.C2H6ClN.2CH3F.CH2O3.ClH.2K.N3.Na.H/c8-4-6-10-7(13)3-1-2-5-11-12-9;8-11-10-4-2-1-3-7-9-5-6-12-7;6-4-2-1-3-5(7)8;6-8-7-4-2-1-3-5(9)10;3-1-2-4;2*1-2;2-1-4-3;;;;1-3-2;;/h1-6H2,(H,10,13);1-6H2;1-4H2,(H,7,8);1-4H2,(H,9,10);1-2,4H2;2*1H3;1,3H;1H;;;;;/q;;;;;;;;;2*+1;-1;+1;-1/p-1/i;;;;;2*1D;;;;;;;. The van der Waals surface area contributed by atoms with Gasteiger partial charge in [0.15, 0.2) is 5.90 Å². The molecule has 33 heteroatoms. The maximum atomic E-state index is 11.0. The molecule has 0 aliphatic carbocycles. The summed E-state index contributed by atoms with van der Waals surface area (Å²) in [7, 11) is -2.00. The second kappa shape index (κ2) is 104. The van der Waals surface area contributed by atoms with Crippen LogP contribution in [-0.4, -0.2) is 118 Å². The van der Waals surface area contributed by atoms with Crippen molar-refractivity contribution in [1.82, 2.24) is 5.32 Å². The Morgan fingerprint density at radius 2 is 1.29 bits per heavy atom. The van der Waals surface area contributed by atoms with Gasteiger partial charge in [0.2, 0.25) is 5.91 Å². The van der Waals surface area contributed by atoms with Crippen LogP contribution >= 0.6 is 51.5 Å². The summed E-state index contributed by atoms with van der Waals surface area (Å²) >= 11 is 13.6. The van der Waals surface area contributed by atoms with E-state index in [4.69, 9.17) is 84.3 Å². The summed E-state index contributed by atoms with van der Waals surface area (Å²) in [4.78, 5) is 55.5. The Morgan fingerprint density at radius 1 is 0.919 bits per heavy atom.